The van der Waals surface area contributed by atoms with Gasteiger partial charge in [0, 0.05) is 4.70 Å². The molecule has 0 spiro atoms. The normalized spacial score (nSPS) is 11.8. The summed E-state index contributed by atoms with van der Waals surface area (Å²) < 4.78 is 37.6. The average Bonchev–Trinajstić information content (AvgIpc) is 2.69. The van der Waals surface area contributed by atoms with Crippen LogP contribution in [0.25, 0.3) is 10.1 Å². The van der Waals surface area contributed by atoms with Gasteiger partial charge in [-0.1, -0.05) is 6.07 Å². The van der Waals surface area contributed by atoms with Crippen molar-refractivity contribution in [3.8, 4) is 0 Å². The number of carbonyl (C=O) groups is 1. The molecule has 7 heteroatoms. The van der Waals surface area contributed by atoms with Crippen molar-refractivity contribution in [3.63, 3.8) is 0 Å². The molecule has 0 radical (unpaired) electrons. The largest absolute Gasteiger partial charge is 0.416 e. The van der Waals surface area contributed by atoms with Crippen LogP contribution in [0.2, 0.25) is 0 Å². The number of amides is 1. The third-order valence-electron chi connectivity index (χ3n) is 2.17. The molecule has 0 bridgehead atoms. The van der Waals surface area contributed by atoms with Gasteiger partial charge < -0.3 is 0 Å². The zero-order chi connectivity index (χ0) is 12.6. The highest BCUT2D eigenvalue weighted by Crippen LogP contribution is 2.34. The van der Waals surface area contributed by atoms with Crippen molar-refractivity contribution < 1.29 is 23.2 Å². The Labute approximate surface area is 97.4 Å². The highest BCUT2D eigenvalue weighted by atomic mass is 32.1. The summed E-state index contributed by atoms with van der Waals surface area (Å²) in [6.07, 6.45) is -4.41. The number of hydrogen-bond donors (Lipinski definition) is 2. The van der Waals surface area contributed by atoms with Crippen LogP contribution in [-0.2, 0) is 6.18 Å². The van der Waals surface area contributed by atoms with Crippen molar-refractivity contribution in [3.05, 3.63) is 34.7 Å². The van der Waals surface area contributed by atoms with Crippen molar-refractivity contribution in [2.45, 2.75) is 6.18 Å². The summed E-state index contributed by atoms with van der Waals surface area (Å²) in [6.45, 7) is 0. The summed E-state index contributed by atoms with van der Waals surface area (Å²) in [5.41, 5.74) is 0.675. The number of nitrogens with one attached hydrogen (secondary N) is 1. The van der Waals surface area contributed by atoms with E-state index in [0.717, 1.165) is 23.5 Å². The van der Waals surface area contributed by atoms with E-state index in [1.807, 2.05) is 0 Å². The molecule has 0 aliphatic carbocycles. The van der Waals surface area contributed by atoms with Gasteiger partial charge in [-0.15, -0.1) is 11.3 Å². The van der Waals surface area contributed by atoms with Gasteiger partial charge in [0.2, 0.25) is 0 Å². The number of carbonyl (C=O) groups excluding carboxylic acids is 1. The van der Waals surface area contributed by atoms with Crippen LogP contribution in [0.3, 0.4) is 0 Å². The Morgan fingerprint density at radius 3 is 2.59 bits per heavy atom. The summed E-state index contributed by atoms with van der Waals surface area (Å²) in [4.78, 5) is 11.2. The maximum absolute atomic E-state index is 12.4. The Morgan fingerprint density at radius 2 is 2.00 bits per heavy atom. The maximum atomic E-state index is 12.4. The highest BCUT2D eigenvalue weighted by Gasteiger charge is 2.30. The first-order valence-corrected chi connectivity index (χ1v) is 5.28. The van der Waals surface area contributed by atoms with Crippen LogP contribution in [0, 0.1) is 0 Å². The van der Waals surface area contributed by atoms with Crippen LogP contribution < -0.4 is 5.48 Å². The van der Waals surface area contributed by atoms with Gasteiger partial charge in [-0.2, -0.15) is 13.2 Å². The standard InChI is InChI=1S/C10H6F3NO2S/c11-10(12,13)6-2-1-5-3-8(9(15)14-16)17-7(5)4-6/h1-4,16H,(H,14,15). The fourth-order valence-corrected chi connectivity index (χ4v) is 2.37. The smallest absolute Gasteiger partial charge is 0.288 e. The zero-order valence-electron chi connectivity index (χ0n) is 8.21. The number of hydrogen-bond acceptors (Lipinski definition) is 3. The Bertz CT molecular complexity index is 576. The average molecular weight is 261 g/mol. The molecule has 0 saturated carbocycles. The van der Waals surface area contributed by atoms with E-state index in [2.05, 4.69) is 0 Å². The van der Waals surface area contributed by atoms with Gasteiger partial charge in [0.25, 0.3) is 5.91 Å². The van der Waals surface area contributed by atoms with Crippen molar-refractivity contribution in [1.29, 1.82) is 0 Å². The quantitative estimate of drug-likeness (QED) is 0.612. The number of hydroxylamine groups is 1. The molecule has 0 aliphatic rings. The predicted octanol–water partition coefficient (Wildman–Crippen LogP) is 3.04. The molecular formula is C10H6F3NO2S. The number of benzene rings is 1. The summed E-state index contributed by atoms with van der Waals surface area (Å²) in [6, 6.07) is 4.65. The van der Waals surface area contributed by atoms with Crippen LogP contribution in [0.1, 0.15) is 15.2 Å². The van der Waals surface area contributed by atoms with Crippen LogP contribution in [0.15, 0.2) is 24.3 Å². The number of thiophene rings is 1. The SMILES string of the molecule is O=C(NO)c1cc2ccc(C(F)(F)F)cc2s1. The van der Waals surface area contributed by atoms with Gasteiger partial charge in [-0.25, -0.2) is 5.48 Å². The van der Waals surface area contributed by atoms with Crippen molar-refractivity contribution >= 4 is 27.3 Å². The minimum Gasteiger partial charge on any atom is -0.288 e. The van der Waals surface area contributed by atoms with Crippen molar-refractivity contribution in [2.24, 2.45) is 0 Å². The summed E-state index contributed by atoms with van der Waals surface area (Å²) >= 11 is 0.888. The number of fused-ring (bicyclic) bond motifs is 1. The Hall–Kier alpha value is -1.60. The second kappa shape index (κ2) is 4.01. The first-order valence-electron chi connectivity index (χ1n) is 4.47. The third kappa shape index (κ3) is 2.25. The first-order chi connectivity index (χ1) is 7.91. The van der Waals surface area contributed by atoms with Gasteiger partial charge in [0.1, 0.15) is 0 Å². The molecule has 0 aliphatic heterocycles. The number of alkyl halides is 3. The van der Waals surface area contributed by atoms with E-state index in [0.29, 0.717) is 10.1 Å². The molecule has 1 aromatic heterocycles. The molecule has 0 fully saturated rings. The predicted molar refractivity (Wildman–Crippen MR) is 56.1 cm³/mol. The van der Waals surface area contributed by atoms with Crippen molar-refractivity contribution in [1.82, 2.24) is 5.48 Å². The zero-order valence-corrected chi connectivity index (χ0v) is 9.02. The molecule has 1 aromatic carbocycles. The van der Waals surface area contributed by atoms with E-state index in [4.69, 9.17) is 5.21 Å². The lowest BCUT2D eigenvalue weighted by atomic mass is 10.1. The summed E-state index contributed by atoms with van der Waals surface area (Å²) in [7, 11) is 0. The van der Waals surface area contributed by atoms with E-state index in [1.54, 1.807) is 0 Å². The molecule has 2 N–H and O–H groups in total. The lowest BCUT2D eigenvalue weighted by molar-refractivity contribution is -0.137. The van der Waals surface area contributed by atoms with Gasteiger partial charge in [0.05, 0.1) is 10.4 Å². The van der Waals surface area contributed by atoms with Crippen molar-refractivity contribution in [2.75, 3.05) is 0 Å². The third-order valence-corrected chi connectivity index (χ3v) is 3.27. The Balaban J connectivity index is 2.52. The van der Waals surface area contributed by atoms with Gasteiger partial charge in [0.15, 0.2) is 0 Å². The minimum absolute atomic E-state index is 0.154. The molecule has 0 unspecified atom stereocenters. The lowest BCUT2D eigenvalue weighted by Crippen LogP contribution is -2.16. The second-order valence-electron chi connectivity index (χ2n) is 3.30. The lowest BCUT2D eigenvalue weighted by Gasteiger charge is -2.05. The van der Waals surface area contributed by atoms with Gasteiger partial charge >= 0.3 is 6.18 Å². The molecule has 1 heterocycles. The molecule has 2 rings (SSSR count). The first kappa shape index (κ1) is 11.9. The van der Waals surface area contributed by atoms with Crippen LogP contribution >= 0.6 is 11.3 Å². The Kier molecular flexibility index (Phi) is 2.80. The molecule has 3 nitrogen and oxygen atoms in total. The van der Waals surface area contributed by atoms with Gasteiger partial charge in [-0.05, 0) is 23.6 Å². The van der Waals surface area contributed by atoms with E-state index in [1.165, 1.54) is 17.6 Å². The number of halogens is 3. The van der Waals surface area contributed by atoms with Crippen LogP contribution in [0.4, 0.5) is 13.2 Å². The van der Waals surface area contributed by atoms with E-state index >= 15 is 0 Å². The fraction of sp³-hybridized carbons (Fsp3) is 0.100. The van der Waals surface area contributed by atoms with Crippen LogP contribution in [0.5, 0.6) is 0 Å². The second-order valence-corrected chi connectivity index (χ2v) is 4.39. The van der Waals surface area contributed by atoms with Gasteiger partial charge in [-0.3, -0.25) is 10.0 Å². The topological polar surface area (TPSA) is 49.3 Å². The summed E-state index contributed by atoms with van der Waals surface area (Å²) in [5.74, 6) is -0.736. The van der Waals surface area contributed by atoms with E-state index in [9.17, 15) is 18.0 Å². The number of rotatable bonds is 1. The van der Waals surface area contributed by atoms with E-state index < -0.39 is 17.6 Å². The molecule has 90 valence electrons. The van der Waals surface area contributed by atoms with Crippen LogP contribution in [-0.4, -0.2) is 11.1 Å². The molecule has 2 aromatic rings. The molecule has 0 saturated heterocycles. The minimum atomic E-state index is -4.41. The monoisotopic (exact) mass is 261 g/mol. The Morgan fingerprint density at radius 1 is 1.29 bits per heavy atom. The molecule has 0 atom stereocenters. The summed E-state index contributed by atoms with van der Waals surface area (Å²) in [5, 5.41) is 8.95. The fourth-order valence-electron chi connectivity index (χ4n) is 1.37. The molecular weight excluding hydrogens is 255 g/mol. The van der Waals surface area contributed by atoms with E-state index in [-0.39, 0.29) is 4.88 Å². The molecule has 17 heavy (non-hydrogen) atoms. The maximum Gasteiger partial charge on any atom is 0.416 e. The highest BCUT2D eigenvalue weighted by molar-refractivity contribution is 7.20. The molecule has 1 amide bonds.